The van der Waals surface area contributed by atoms with Gasteiger partial charge in [0, 0.05) is 31.2 Å². The monoisotopic (exact) mass is 414 g/mol. The van der Waals surface area contributed by atoms with E-state index in [9.17, 15) is 13.2 Å². The van der Waals surface area contributed by atoms with Gasteiger partial charge in [-0.1, -0.05) is 24.3 Å². The van der Waals surface area contributed by atoms with Gasteiger partial charge in [-0.2, -0.15) is 4.31 Å². The van der Waals surface area contributed by atoms with Gasteiger partial charge in [0.2, 0.25) is 15.9 Å². The normalized spacial score (nSPS) is 15.6. The van der Waals surface area contributed by atoms with Crippen LogP contribution in [0.15, 0.2) is 72.1 Å². The number of nitrogens with zero attached hydrogens (tertiary/aromatic N) is 2. The summed E-state index contributed by atoms with van der Waals surface area (Å²) in [6, 6.07) is 15.8. The molecule has 1 saturated heterocycles. The summed E-state index contributed by atoms with van der Waals surface area (Å²) in [5.74, 6) is 0.409. The molecule has 29 heavy (non-hydrogen) atoms. The molecule has 0 atom stereocenters. The number of sulfonamides is 1. The van der Waals surface area contributed by atoms with Crippen LogP contribution in [-0.4, -0.2) is 45.4 Å². The lowest BCUT2D eigenvalue weighted by Crippen LogP contribution is -2.44. The molecule has 0 unspecified atom stereocenters. The first-order valence-electron chi connectivity index (χ1n) is 9.59. The summed E-state index contributed by atoms with van der Waals surface area (Å²) in [5.41, 5.74) is 0.825. The van der Waals surface area contributed by atoms with Gasteiger partial charge in [-0.15, -0.1) is 6.58 Å². The Bertz CT molecular complexity index is 935. The van der Waals surface area contributed by atoms with Crippen molar-refractivity contribution in [1.82, 2.24) is 4.31 Å². The fourth-order valence-corrected chi connectivity index (χ4v) is 4.99. The smallest absolute Gasteiger partial charge is 0.243 e. The first-order valence-corrected chi connectivity index (χ1v) is 11.0. The minimum Gasteiger partial charge on any atom is -0.497 e. The van der Waals surface area contributed by atoms with Gasteiger partial charge < -0.3 is 9.64 Å². The Kier molecular flexibility index (Phi) is 6.71. The minimum absolute atomic E-state index is 0.0117. The van der Waals surface area contributed by atoms with E-state index in [0.717, 1.165) is 5.69 Å². The fraction of sp³-hybridized carbons (Fsp3) is 0.318. The van der Waals surface area contributed by atoms with E-state index in [2.05, 4.69) is 6.58 Å². The maximum Gasteiger partial charge on any atom is 0.243 e. The molecule has 0 saturated carbocycles. The van der Waals surface area contributed by atoms with Crippen molar-refractivity contribution >= 4 is 21.6 Å². The number of anilines is 1. The molecule has 3 rings (SSSR count). The van der Waals surface area contributed by atoms with Crippen molar-refractivity contribution in [2.24, 2.45) is 5.92 Å². The first kappa shape index (κ1) is 21.1. The Labute approximate surface area is 172 Å². The number of para-hydroxylation sites is 1. The molecule has 0 bridgehead atoms. The summed E-state index contributed by atoms with van der Waals surface area (Å²) in [5, 5.41) is 0. The molecule has 1 aliphatic rings. The molecule has 7 heteroatoms. The maximum absolute atomic E-state index is 13.1. The Morgan fingerprint density at radius 3 is 2.31 bits per heavy atom. The molecule has 2 aromatic rings. The average Bonchev–Trinajstić information content (AvgIpc) is 2.77. The van der Waals surface area contributed by atoms with Crippen LogP contribution in [0.25, 0.3) is 0 Å². The number of hydrogen-bond donors (Lipinski definition) is 0. The second-order valence-corrected chi connectivity index (χ2v) is 8.86. The van der Waals surface area contributed by atoms with Crippen LogP contribution in [0.3, 0.4) is 0 Å². The number of piperidine rings is 1. The van der Waals surface area contributed by atoms with Crippen molar-refractivity contribution in [3.8, 4) is 5.75 Å². The second kappa shape index (κ2) is 9.24. The average molecular weight is 415 g/mol. The highest BCUT2D eigenvalue weighted by Gasteiger charge is 2.34. The Hall–Kier alpha value is -2.64. The van der Waals surface area contributed by atoms with E-state index in [1.165, 1.54) is 11.4 Å². The lowest BCUT2D eigenvalue weighted by atomic mass is 9.96. The number of carbonyl (C=O) groups is 1. The fourth-order valence-electron chi connectivity index (χ4n) is 3.52. The van der Waals surface area contributed by atoms with Crippen LogP contribution in [0.2, 0.25) is 0 Å². The predicted octanol–water partition coefficient (Wildman–Crippen LogP) is 3.32. The third-order valence-corrected chi connectivity index (χ3v) is 7.06. The van der Waals surface area contributed by atoms with Crippen LogP contribution in [-0.2, 0) is 14.8 Å². The van der Waals surface area contributed by atoms with Crippen molar-refractivity contribution in [3.63, 3.8) is 0 Å². The van der Waals surface area contributed by atoms with Gasteiger partial charge >= 0.3 is 0 Å². The van der Waals surface area contributed by atoms with Crippen molar-refractivity contribution < 1.29 is 17.9 Å². The number of ether oxygens (including phenoxy) is 1. The zero-order valence-electron chi connectivity index (χ0n) is 16.5. The van der Waals surface area contributed by atoms with Gasteiger partial charge in [0.25, 0.3) is 0 Å². The first-order chi connectivity index (χ1) is 14.0. The molecular formula is C22H26N2O4S. The Balaban J connectivity index is 1.68. The van der Waals surface area contributed by atoms with Gasteiger partial charge in [-0.05, 0) is 49.2 Å². The summed E-state index contributed by atoms with van der Waals surface area (Å²) >= 11 is 0. The van der Waals surface area contributed by atoms with E-state index in [1.54, 1.807) is 35.2 Å². The van der Waals surface area contributed by atoms with Crippen LogP contribution in [0.5, 0.6) is 5.75 Å². The number of carbonyl (C=O) groups excluding carboxylic acids is 1. The molecule has 1 fully saturated rings. The molecular weight excluding hydrogens is 388 g/mol. The molecule has 0 aliphatic carbocycles. The van der Waals surface area contributed by atoms with Crippen LogP contribution in [0, 0.1) is 5.92 Å². The SMILES string of the molecule is C=CCN(C(=O)C1CCN(S(=O)(=O)c2ccc(OC)cc2)CC1)c1ccccc1. The zero-order valence-corrected chi connectivity index (χ0v) is 17.3. The van der Waals surface area contributed by atoms with Gasteiger partial charge in [0.15, 0.2) is 0 Å². The van der Waals surface area contributed by atoms with Crippen LogP contribution in [0.1, 0.15) is 12.8 Å². The number of methoxy groups -OCH3 is 1. The van der Waals surface area contributed by atoms with E-state index in [4.69, 9.17) is 4.74 Å². The predicted molar refractivity (Wildman–Crippen MR) is 113 cm³/mol. The molecule has 0 spiro atoms. The third kappa shape index (κ3) is 4.68. The van der Waals surface area contributed by atoms with Crippen LogP contribution < -0.4 is 9.64 Å². The number of amides is 1. The molecule has 1 aliphatic heterocycles. The molecule has 0 aromatic heterocycles. The Morgan fingerprint density at radius 2 is 1.76 bits per heavy atom. The van der Waals surface area contributed by atoms with Crippen LogP contribution in [0.4, 0.5) is 5.69 Å². The lowest BCUT2D eigenvalue weighted by molar-refractivity contribution is -0.123. The highest BCUT2D eigenvalue weighted by Crippen LogP contribution is 2.27. The summed E-state index contributed by atoms with van der Waals surface area (Å²) < 4.78 is 32.3. The number of hydrogen-bond acceptors (Lipinski definition) is 4. The lowest BCUT2D eigenvalue weighted by Gasteiger charge is -2.33. The quantitative estimate of drug-likeness (QED) is 0.652. The molecule has 0 N–H and O–H groups in total. The van der Waals surface area contributed by atoms with Crippen molar-refractivity contribution in [2.75, 3.05) is 31.6 Å². The second-order valence-electron chi connectivity index (χ2n) is 6.93. The highest BCUT2D eigenvalue weighted by atomic mass is 32.2. The molecule has 1 amide bonds. The van der Waals surface area contributed by atoms with E-state index < -0.39 is 10.0 Å². The van der Waals surface area contributed by atoms with Crippen LogP contribution >= 0.6 is 0 Å². The van der Waals surface area contributed by atoms with Gasteiger partial charge in [0.05, 0.1) is 12.0 Å². The third-order valence-electron chi connectivity index (χ3n) is 5.15. The van der Waals surface area contributed by atoms with Crippen molar-refractivity contribution in [1.29, 1.82) is 0 Å². The zero-order chi connectivity index (χ0) is 20.9. The van der Waals surface area contributed by atoms with Crippen molar-refractivity contribution in [2.45, 2.75) is 17.7 Å². The van der Waals surface area contributed by atoms with E-state index in [-0.39, 0.29) is 16.7 Å². The number of rotatable bonds is 7. The van der Waals surface area contributed by atoms with E-state index >= 15 is 0 Å². The number of benzene rings is 2. The molecule has 154 valence electrons. The topological polar surface area (TPSA) is 66.9 Å². The molecule has 1 heterocycles. The van der Waals surface area contributed by atoms with E-state index in [0.29, 0.717) is 38.2 Å². The van der Waals surface area contributed by atoms with E-state index in [1.807, 2.05) is 30.3 Å². The summed E-state index contributed by atoms with van der Waals surface area (Å²) in [4.78, 5) is 15.0. The largest absolute Gasteiger partial charge is 0.497 e. The summed E-state index contributed by atoms with van der Waals surface area (Å²) in [7, 11) is -2.04. The standard InChI is InChI=1S/C22H26N2O4S/c1-3-15-24(19-7-5-4-6-8-19)22(25)18-13-16-23(17-14-18)29(26,27)21-11-9-20(28-2)10-12-21/h3-12,18H,1,13-17H2,2H3. The molecule has 0 radical (unpaired) electrons. The molecule has 2 aromatic carbocycles. The van der Waals surface area contributed by atoms with Gasteiger partial charge in [0.1, 0.15) is 5.75 Å². The van der Waals surface area contributed by atoms with Gasteiger partial charge in [-0.25, -0.2) is 8.42 Å². The highest BCUT2D eigenvalue weighted by molar-refractivity contribution is 7.89. The maximum atomic E-state index is 13.1. The minimum atomic E-state index is -3.58. The van der Waals surface area contributed by atoms with Crippen molar-refractivity contribution in [3.05, 3.63) is 67.3 Å². The molecule has 6 nitrogen and oxygen atoms in total. The van der Waals surface area contributed by atoms with Gasteiger partial charge in [-0.3, -0.25) is 4.79 Å². The Morgan fingerprint density at radius 1 is 1.14 bits per heavy atom. The summed E-state index contributed by atoms with van der Waals surface area (Å²) in [6.07, 6.45) is 2.69. The summed E-state index contributed by atoms with van der Waals surface area (Å²) in [6.45, 7) is 4.82.